The van der Waals surface area contributed by atoms with Gasteiger partial charge < -0.3 is 25.6 Å². The van der Waals surface area contributed by atoms with E-state index in [9.17, 15) is 35.9 Å². The number of carbonyl (C=O) groups excluding carboxylic acids is 1. The van der Waals surface area contributed by atoms with E-state index >= 15 is 0 Å². The van der Waals surface area contributed by atoms with Gasteiger partial charge >= 0.3 is 18.7 Å². The zero-order valence-corrected chi connectivity index (χ0v) is 19.0. The lowest BCUT2D eigenvalue weighted by Gasteiger charge is -2.10. The average molecular weight is 562 g/mol. The maximum absolute atomic E-state index is 12.0. The van der Waals surface area contributed by atoms with Crippen molar-refractivity contribution >= 4 is 23.3 Å². The van der Waals surface area contributed by atoms with Crippen LogP contribution in [0.25, 0.3) is 0 Å². The Labute approximate surface area is 213 Å². The quantitative estimate of drug-likeness (QED) is 0.177. The van der Waals surface area contributed by atoms with Crippen molar-refractivity contribution in [3.05, 3.63) is 72.8 Å². The molecule has 4 aromatic rings. The van der Waals surface area contributed by atoms with Crippen LogP contribution in [0.5, 0.6) is 11.5 Å². The lowest BCUT2D eigenvalue weighted by atomic mass is 10.3. The first-order valence-corrected chi connectivity index (χ1v) is 9.94. The van der Waals surface area contributed by atoms with Crippen LogP contribution >= 0.6 is 0 Å². The molecule has 0 atom stereocenters. The van der Waals surface area contributed by atoms with Crippen molar-refractivity contribution in [2.24, 2.45) is 0 Å². The van der Waals surface area contributed by atoms with E-state index in [0.717, 1.165) is 30.9 Å². The van der Waals surface area contributed by atoms with Crippen molar-refractivity contribution in [1.82, 2.24) is 30.4 Å². The average Bonchev–Trinajstić information content (AvgIpc) is 3.53. The molecule has 4 rings (SSSR count). The zero-order valence-electron chi connectivity index (χ0n) is 19.0. The fourth-order valence-corrected chi connectivity index (χ4v) is 2.30. The van der Waals surface area contributed by atoms with E-state index in [1.165, 1.54) is 30.3 Å². The molecule has 13 nitrogen and oxygen atoms in total. The fraction of sp³-hybridized carbons (Fsp3) is 0.100. The molecule has 19 heteroatoms. The summed E-state index contributed by atoms with van der Waals surface area (Å²) < 4.78 is 78.2. The summed E-state index contributed by atoms with van der Waals surface area (Å²) in [6, 6.07) is 10.0. The maximum Gasteiger partial charge on any atom is 0.573 e. The van der Waals surface area contributed by atoms with E-state index in [-0.39, 0.29) is 28.8 Å². The second-order valence-corrected chi connectivity index (χ2v) is 6.62. The Balaban J connectivity index is 0.000000227. The van der Waals surface area contributed by atoms with Crippen molar-refractivity contribution in [2.45, 2.75) is 12.7 Å². The number of rotatable bonds is 5. The molecule has 0 aliphatic rings. The van der Waals surface area contributed by atoms with Crippen LogP contribution in [0.2, 0.25) is 0 Å². The van der Waals surface area contributed by atoms with Crippen LogP contribution in [0.3, 0.4) is 0 Å². The molecule has 0 saturated heterocycles. The molecule has 6 N–H and O–H groups in total. The molecule has 2 heterocycles. The molecule has 208 valence electrons. The van der Waals surface area contributed by atoms with Crippen LogP contribution < -0.4 is 20.5 Å². The number of aromatic carboxylic acids is 1. The molecule has 0 spiro atoms. The Hall–Kier alpha value is -5.36. The highest BCUT2D eigenvalue weighted by Crippen LogP contribution is 2.25. The molecule has 0 radical (unpaired) electrons. The van der Waals surface area contributed by atoms with Gasteiger partial charge in [-0.2, -0.15) is 10.2 Å². The lowest BCUT2D eigenvalue weighted by Crippen LogP contribution is -2.17. The second-order valence-electron chi connectivity index (χ2n) is 6.62. The van der Waals surface area contributed by atoms with E-state index in [0.29, 0.717) is 0 Å². The van der Waals surface area contributed by atoms with Crippen LogP contribution in [0.4, 0.5) is 37.7 Å². The van der Waals surface area contributed by atoms with Gasteiger partial charge in [0, 0.05) is 23.5 Å². The molecule has 0 fully saturated rings. The lowest BCUT2D eigenvalue weighted by molar-refractivity contribution is -0.275. The van der Waals surface area contributed by atoms with Gasteiger partial charge in [-0.1, -0.05) is 12.1 Å². The first-order chi connectivity index (χ1) is 18.2. The van der Waals surface area contributed by atoms with E-state index in [4.69, 9.17) is 10.8 Å². The molecule has 0 bridgehead atoms. The Bertz CT molecular complexity index is 1330. The third-order valence-electron chi connectivity index (χ3n) is 3.66. The summed E-state index contributed by atoms with van der Waals surface area (Å²) in [7, 11) is 0. The summed E-state index contributed by atoms with van der Waals surface area (Å²) >= 11 is 0. The Morgan fingerprint density at radius 2 is 1.33 bits per heavy atom. The molecule has 0 saturated carbocycles. The van der Waals surface area contributed by atoms with Gasteiger partial charge in [0.1, 0.15) is 24.2 Å². The van der Waals surface area contributed by atoms with Crippen LogP contribution in [-0.4, -0.2) is 60.1 Å². The summed E-state index contributed by atoms with van der Waals surface area (Å²) in [5.74, 6) is -2.64. The Morgan fingerprint density at radius 1 is 0.821 bits per heavy atom. The van der Waals surface area contributed by atoms with Crippen LogP contribution in [-0.2, 0) is 0 Å². The summed E-state index contributed by atoms with van der Waals surface area (Å²) in [5, 5.41) is 21.8. The van der Waals surface area contributed by atoms with Crippen LogP contribution in [0.15, 0.2) is 61.2 Å². The number of halogens is 6. The molecule has 39 heavy (non-hydrogen) atoms. The predicted molar refractivity (Wildman–Crippen MR) is 118 cm³/mol. The number of aromatic nitrogens is 6. The van der Waals surface area contributed by atoms with Crippen molar-refractivity contribution in [1.29, 1.82) is 0 Å². The molecule has 2 aromatic heterocycles. The number of hydrogen-bond acceptors (Lipinski definition) is 9. The topological polar surface area (TPSA) is 194 Å². The van der Waals surface area contributed by atoms with Gasteiger partial charge in [0.25, 0.3) is 5.91 Å². The summed E-state index contributed by atoms with van der Waals surface area (Å²) in [4.78, 5) is 28.4. The minimum atomic E-state index is -4.78. The number of nitrogen functional groups attached to an aromatic ring is 1. The number of nitrogens with one attached hydrogen (secondary N) is 3. The highest BCUT2D eigenvalue weighted by Gasteiger charge is 2.31. The van der Waals surface area contributed by atoms with Crippen LogP contribution in [0, 0.1) is 0 Å². The largest absolute Gasteiger partial charge is 0.573 e. The smallest absolute Gasteiger partial charge is 0.475 e. The van der Waals surface area contributed by atoms with E-state index in [1.807, 2.05) is 0 Å². The predicted octanol–water partition coefficient (Wildman–Crippen LogP) is 3.63. The molecular weight excluding hydrogens is 546 g/mol. The Kier molecular flexibility index (Phi) is 10.2. The van der Waals surface area contributed by atoms with Gasteiger partial charge in [-0.3, -0.25) is 15.0 Å². The summed E-state index contributed by atoms with van der Waals surface area (Å²) in [6.45, 7) is 0. The number of H-pyrrole nitrogens is 2. The minimum absolute atomic E-state index is 0.0536. The highest BCUT2D eigenvalue weighted by molar-refractivity contribution is 6.01. The summed E-state index contributed by atoms with van der Waals surface area (Å²) in [5.41, 5.74) is 5.61. The number of anilines is 2. The number of ether oxygens (including phenoxy) is 2. The van der Waals surface area contributed by atoms with E-state index < -0.39 is 30.4 Å². The van der Waals surface area contributed by atoms with Crippen molar-refractivity contribution in [3.8, 4) is 11.5 Å². The van der Waals surface area contributed by atoms with Gasteiger partial charge in [-0.25, -0.2) is 14.8 Å². The number of nitrogens with two attached hydrogens (primary N) is 1. The van der Waals surface area contributed by atoms with E-state index in [2.05, 4.69) is 45.2 Å². The fourth-order valence-electron chi connectivity index (χ4n) is 2.30. The monoisotopic (exact) mass is 562 g/mol. The van der Waals surface area contributed by atoms with Crippen molar-refractivity contribution in [2.75, 3.05) is 11.1 Å². The van der Waals surface area contributed by atoms with E-state index in [1.54, 1.807) is 0 Å². The number of aromatic amines is 2. The first-order valence-electron chi connectivity index (χ1n) is 9.94. The number of hydrogen-bond donors (Lipinski definition) is 5. The number of nitrogens with zero attached hydrogens (tertiary/aromatic N) is 4. The first kappa shape index (κ1) is 29.9. The minimum Gasteiger partial charge on any atom is -0.475 e. The third-order valence-corrected chi connectivity index (χ3v) is 3.66. The maximum atomic E-state index is 12.0. The number of benzene rings is 2. The Morgan fingerprint density at radius 3 is 1.77 bits per heavy atom. The van der Waals surface area contributed by atoms with Crippen LogP contribution in [0.1, 0.15) is 21.2 Å². The van der Waals surface area contributed by atoms with Gasteiger partial charge in [-0.15, -0.1) is 26.3 Å². The number of carboxylic acids is 1. The van der Waals surface area contributed by atoms with Gasteiger partial charge in [0.2, 0.25) is 11.6 Å². The molecular formula is C20H16F6N8O5. The molecule has 0 aliphatic carbocycles. The van der Waals surface area contributed by atoms with Gasteiger partial charge in [-0.05, 0) is 24.3 Å². The SMILES string of the molecule is Nc1cccc(OC(F)(F)F)c1.O=C(Nc1cccc(OC(F)(F)F)c1)c1ncn[nH]1.O=C(O)c1ncn[nH]1. The molecule has 2 aromatic carbocycles. The third kappa shape index (κ3) is 11.9. The number of amides is 1. The van der Waals surface area contributed by atoms with Gasteiger partial charge in [0.05, 0.1) is 0 Å². The number of carbonyl (C=O) groups is 2. The second kappa shape index (κ2) is 13.3. The highest BCUT2D eigenvalue weighted by atomic mass is 19.4. The number of alkyl halides is 6. The summed E-state index contributed by atoms with van der Waals surface area (Å²) in [6.07, 6.45) is -7.16. The standard InChI is InChI=1S/C10H7F3N4O2.C7H6F3NO.C3H3N3O2/c11-10(12,13)19-7-3-1-2-6(4-7)16-9(18)8-14-5-15-17-8;8-7(9,10)12-6-3-1-2-5(11)4-6;7-3(8)2-4-1-5-6-2/h1-5H,(H,16,18)(H,14,15,17);1-4H,11H2;1H,(H,7,8)(H,4,5,6). The van der Waals surface area contributed by atoms with Crippen molar-refractivity contribution in [3.63, 3.8) is 0 Å². The molecule has 0 aliphatic heterocycles. The molecule has 1 amide bonds. The normalized spacial score (nSPS) is 10.7. The zero-order chi connectivity index (χ0) is 29.1. The van der Waals surface area contributed by atoms with Gasteiger partial charge in [0.15, 0.2) is 0 Å². The number of carboxylic acid groups (broad SMARTS) is 1. The van der Waals surface area contributed by atoms with Crippen molar-refractivity contribution < 1.29 is 50.5 Å². The molecule has 0 unspecified atom stereocenters.